The van der Waals surface area contributed by atoms with Crippen LogP contribution in [-0.4, -0.2) is 56.9 Å². The number of methoxy groups -OCH3 is 1. The van der Waals surface area contributed by atoms with E-state index in [1.807, 2.05) is 0 Å². The molecule has 0 radical (unpaired) electrons. The van der Waals surface area contributed by atoms with Crippen LogP contribution in [0.4, 0.5) is 0 Å². The first-order valence-corrected chi connectivity index (χ1v) is 9.68. The second-order valence-corrected chi connectivity index (χ2v) is 7.07. The largest absolute Gasteiger partial charge is 0.494 e. The smallest absolute Gasteiger partial charge is 0.323 e. The van der Waals surface area contributed by atoms with Crippen LogP contribution in [0.2, 0.25) is 0 Å². The van der Waals surface area contributed by atoms with Crippen molar-refractivity contribution in [3.8, 4) is 0 Å². The summed E-state index contributed by atoms with van der Waals surface area (Å²) in [6.07, 6.45) is 2.46. The van der Waals surface area contributed by atoms with E-state index in [0.717, 1.165) is 0 Å². The fraction of sp³-hybridized carbons (Fsp3) is 0.700. The zero-order chi connectivity index (χ0) is 21.6. The second kappa shape index (κ2) is 9.76. The van der Waals surface area contributed by atoms with Crippen LogP contribution in [0.5, 0.6) is 0 Å². The molecule has 1 saturated carbocycles. The molecule has 1 heterocycles. The number of carbonyl (C=O) groups excluding carboxylic acids is 4. The molecule has 1 aliphatic carbocycles. The van der Waals surface area contributed by atoms with E-state index in [1.54, 1.807) is 19.9 Å². The van der Waals surface area contributed by atoms with E-state index in [-0.39, 0.29) is 44.5 Å². The summed E-state index contributed by atoms with van der Waals surface area (Å²) in [5.74, 6) is -3.88. The van der Waals surface area contributed by atoms with Crippen LogP contribution in [0.1, 0.15) is 33.6 Å². The highest BCUT2D eigenvalue weighted by atomic mass is 16.6. The summed E-state index contributed by atoms with van der Waals surface area (Å²) in [5, 5.41) is 0. The van der Waals surface area contributed by atoms with Gasteiger partial charge in [0.2, 0.25) is 0 Å². The zero-order valence-electron chi connectivity index (χ0n) is 17.2. The molecule has 2 rings (SSSR count). The van der Waals surface area contributed by atoms with Gasteiger partial charge in [-0.15, -0.1) is 0 Å². The first kappa shape index (κ1) is 22.7. The molecule has 0 amide bonds. The number of hydrogen-bond acceptors (Lipinski definition) is 9. The molecule has 1 unspecified atom stereocenters. The Kier molecular flexibility index (Phi) is 7.64. The molecule has 0 spiro atoms. The lowest BCUT2D eigenvalue weighted by atomic mass is 9.71. The van der Waals surface area contributed by atoms with Crippen molar-refractivity contribution >= 4 is 23.9 Å². The van der Waals surface area contributed by atoms with Crippen LogP contribution in [0.25, 0.3) is 0 Å². The van der Waals surface area contributed by atoms with Gasteiger partial charge in [-0.2, -0.15) is 0 Å². The van der Waals surface area contributed by atoms with Crippen LogP contribution < -0.4 is 0 Å². The quantitative estimate of drug-likeness (QED) is 0.331. The average Bonchev–Trinajstić information content (AvgIpc) is 3.02. The molecule has 2 aliphatic rings. The van der Waals surface area contributed by atoms with E-state index in [2.05, 4.69) is 0 Å². The molecular formula is C20H28O9. The van der Waals surface area contributed by atoms with Crippen molar-refractivity contribution in [1.29, 1.82) is 0 Å². The maximum Gasteiger partial charge on any atom is 0.323 e. The maximum absolute atomic E-state index is 13.1. The summed E-state index contributed by atoms with van der Waals surface area (Å²) in [6, 6.07) is 0. The van der Waals surface area contributed by atoms with Crippen molar-refractivity contribution in [2.75, 3.05) is 26.9 Å². The van der Waals surface area contributed by atoms with Gasteiger partial charge in [-0.05, 0) is 38.2 Å². The van der Waals surface area contributed by atoms with Gasteiger partial charge in [-0.25, -0.2) is 0 Å². The van der Waals surface area contributed by atoms with E-state index in [4.69, 9.17) is 23.7 Å². The summed E-state index contributed by atoms with van der Waals surface area (Å²) in [5.41, 5.74) is -1.68. The highest BCUT2D eigenvalue weighted by Gasteiger charge is 2.67. The molecule has 0 aromatic rings. The van der Waals surface area contributed by atoms with Crippen molar-refractivity contribution in [2.45, 2.75) is 39.7 Å². The van der Waals surface area contributed by atoms with Gasteiger partial charge in [0.05, 0.1) is 26.6 Å². The summed E-state index contributed by atoms with van der Waals surface area (Å²) in [7, 11) is 1.28. The van der Waals surface area contributed by atoms with Gasteiger partial charge < -0.3 is 23.7 Å². The lowest BCUT2D eigenvalue weighted by Crippen LogP contribution is -2.52. The minimum atomic E-state index is -1.68. The van der Waals surface area contributed by atoms with E-state index < -0.39 is 41.3 Å². The number of hydrogen-bond donors (Lipinski definition) is 0. The van der Waals surface area contributed by atoms with Crippen molar-refractivity contribution in [1.82, 2.24) is 0 Å². The van der Waals surface area contributed by atoms with Gasteiger partial charge in [0, 0.05) is 19.3 Å². The van der Waals surface area contributed by atoms with Gasteiger partial charge in [-0.3, -0.25) is 19.2 Å². The van der Waals surface area contributed by atoms with Gasteiger partial charge in [0.25, 0.3) is 0 Å². The molecule has 0 N–H and O–H groups in total. The Labute approximate surface area is 169 Å². The molecule has 4 atom stereocenters. The summed E-state index contributed by atoms with van der Waals surface area (Å²) < 4.78 is 26.0. The Balaban J connectivity index is 2.52. The topological polar surface area (TPSA) is 114 Å². The Bertz CT molecular complexity index is 651. The van der Waals surface area contributed by atoms with Gasteiger partial charge >= 0.3 is 23.9 Å². The van der Waals surface area contributed by atoms with Crippen molar-refractivity contribution < 1.29 is 42.9 Å². The first-order valence-electron chi connectivity index (χ1n) is 9.68. The molecule has 162 valence electrons. The number of ether oxygens (including phenoxy) is 5. The Morgan fingerprint density at radius 3 is 2.21 bits per heavy atom. The van der Waals surface area contributed by atoms with Crippen molar-refractivity contribution in [3.63, 3.8) is 0 Å². The molecular weight excluding hydrogens is 384 g/mol. The number of esters is 4. The first-order chi connectivity index (χ1) is 13.8. The lowest BCUT2D eigenvalue weighted by molar-refractivity contribution is -0.181. The van der Waals surface area contributed by atoms with E-state index in [1.165, 1.54) is 20.3 Å². The standard InChI is InChI=1S/C20H28O9/c1-5-26-18(23)20(19(24)27-6-2)10-13(9-16(22)25-4)14-7-8-28-15(17(14)20)11-29-12(3)21/h7-8,13-15,17H,5-6,9-11H2,1-4H3/t13-,14-,15?,17+/m1/s1. The fourth-order valence-electron chi connectivity index (χ4n) is 4.36. The normalized spacial score (nSPS) is 26.6. The van der Waals surface area contributed by atoms with E-state index in [9.17, 15) is 19.2 Å². The highest BCUT2D eigenvalue weighted by molar-refractivity contribution is 6.01. The lowest BCUT2D eigenvalue weighted by Gasteiger charge is -2.38. The Hall–Kier alpha value is -2.58. The van der Waals surface area contributed by atoms with E-state index >= 15 is 0 Å². The number of fused-ring (bicyclic) bond motifs is 1. The van der Waals surface area contributed by atoms with Crippen LogP contribution in [-0.2, 0) is 42.9 Å². The highest BCUT2D eigenvalue weighted by Crippen LogP contribution is 2.57. The van der Waals surface area contributed by atoms with Gasteiger partial charge in [0.15, 0.2) is 5.41 Å². The van der Waals surface area contributed by atoms with Crippen LogP contribution >= 0.6 is 0 Å². The van der Waals surface area contributed by atoms with Gasteiger partial charge in [0.1, 0.15) is 12.7 Å². The van der Waals surface area contributed by atoms with Crippen LogP contribution in [0.15, 0.2) is 12.3 Å². The Morgan fingerprint density at radius 2 is 1.69 bits per heavy atom. The monoisotopic (exact) mass is 412 g/mol. The predicted molar refractivity (Wildman–Crippen MR) is 98.1 cm³/mol. The summed E-state index contributed by atoms with van der Waals surface area (Å²) in [4.78, 5) is 49.5. The molecule has 0 aromatic heterocycles. The number of allylic oxidation sites excluding steroid dienone is 1. The Morgan fingerprint density at radius 1 is 1.07 bits per heavy atom. The molecule has 9 nitrogen and oxygen atoms in total. The molecule has 0 aromatic carbocycles. The number of carbonyl (C=O) groups is 4. The fourth-order valence-corrected chi connectivity index (χ4v) is 4.36. The third kappa shape index (κ3) is 4.54. The molecule has 1 aliphatic heterocycles. The van der Waals surface area contributed by atoms with Crippen LogP contribution in [0.3, 0.4) is 0 Å². The molecule has 0 saturated heterocycles. The third-order valence-corrected chi connectivity index (χ3v) is 5.45. The van der Waals surface area contributed by atoms with Crippen LogP contribution in [0, 0.1) is 23.2 Å². The average molecular weight is 412 g/mol. The predicted octanol–water partition coefficient (Wildman–Crippen LogP) is 1.39. The van der Waals surface area contributed by atoms with Crippen molar-refractivity contribution in [2.24, 2.45) is 23.2 Å². The minimum Gasteiger partial charge on any atom is -0.494 e. The minimum absolute atomic E-state index is 0.0167. The van der Waals surface area contributed by atoms with Gasteiger partial charge in [-0.1, -0.05) is 0 Å². The third-order valence-electron chi connectivity index (χ3n) is 5.45. The molecule has 1 fully saturated rings. The van der Waals surface area contributed by atoms with Crippen molar-refractivity contribution in [3.05, 3.63) is 12.3 Å². The SMILES string of the molecule is CCOC(=O)C1(C(=O)OCC)C[C@@H](CC(=O)OC)[C@H]2C=COC(COC(C)=O)[C@H]21. The molecule has 29 heavy (non-hydrogen) atoms. The molecule has 9 heteroatoms. The maximum atomic E-state index is 13.1. The summed E-state index contributed by atoms with van der Waals surface area (Å²) >= 11 is 0. The molecule has 0 bridgehead atoms. The number of rotatable bonds is 8. The van der Waals surface area contributed by atoms with E-state index in [0.29, 0.717) is 0 Å². The zero-order valence-corrected chi connectivity index (χ0v) is 17.2. The second-order valence-electron chi connectivity index (χ2n) is 7.07. The summed E-state index contributed by atoms with van der Waals surface area (Å²) in [6.45, 7) is 4.54.